The molecule has 1 aliphatic rings. The topological polar surface area (TPSA) is 111 Å². The van der Waals surface area contributed by atoms with Crippen LogP contribution in [0.5, 0.6) is 0 Å². The van der Waals surface area contributed by atoms with Gasteiger partial charge in [-0.25, -0.2) is 14.6 Å². The van der Waals surface area contributed by atoms with Crippen LogP contribution in [-0.2, 0) is 6.18 Å². The third-order valence-electron chi connectivity index (χ3n) is 5.00. The average molecular weight is 490 g/mol. The monoisotopic (exact) mass is 490 g/mol. The minimum absolute atomic E-state index is 0.129. The molecule has 10 nitrogen and oxygen atoms in total. The second-order valence-electron chi connectivity index (χ2n) is 7.44. The van der Waals surface area contributed by atoms with Crippen molar-refractivity contribution in [3.8, 4) is 0 Å². The van der Waals surface area contributed by atoms with Gasteiger partial charge in [0.2, 0.25) is 0 Å². The summed E-state index contributed by atoms with van der Waals surface area (Å²) in [7, 11) is 0. The number of urea groups is 1. The summed E-state index contributed by atoms with van der Waals surface area (Å²) in [4.78, 5) is 27.2. The van der Waals surface area contributed by atoms with Crippen LogP contribution in [0, 0.1) is 0 Å². The molecule has 3 rings (SSSR count). The summed E-state index contributed by atoms with van der Waals surface area (Å²) >= 11 is 0. The fraction of sp³-hybridized carbons (Fsp3) is 0.474. The van der Waals surface area contributed by atoms with E-state index in [0.29, 0.717) is 36.7 Å². The number of amides is 2. The minimum Gasteiger partial charge on any atom is -0.377 e. The van der Waals surface area contributed by atoms with E-state index >= 15 is 0 Å². The van der Waals surface area contributed by atoms with Crippen LogP contribution in [0.25, 0.3) is 0 Å². The molecule has 0 aromatic carbocycles. The van der Waals surface area contributed by atoms with E-state index in [4.69, 9.17) is 0 Å². The second kappa shape index (κ2) is 10.5. The fourth-order valence-electron chi connectivity index (χ4n) is 3.36. The number of H-pyrrole nitrogens is 1. The zero-order chi connectivity index (χ0) is 24.9. The van der Waals surface area contributed by atoms with Gasteiger partial charge < -0.3 is 20.4 Å². The molecule has 0 spiro atoms. The summed E-state index contributed by atoms with van der Waals surface area (Å²) in [5.41, 5.74) is -3.16. The Balaban J connectivity index is 1.44. The number of halogens is 5. The molecule has 0 radical (unpaired) electrons. The highest BCUT2D eigenvalue weighted by Gasteiger charge is 2.37. The SMILES string of the molecule is CC(/C=C/CNC(=O)N1CCN(c2ccn(C(F)F)n2)CC1)Nc1cn[nH]c(=O)c1C(F)(F)F. The van der Waals surface area contributed by atoms with Crippen molar-refractivity contribution in [3.05, 3.63) is 46.5 Å². The first kappa shape index (κ1) is 25.0. The van der Waals surface area contributed by atoms with Gasteiger partial charge in [0.25, 0.3) is 5.56 Å². The Morgan fingerprint density at radius 2 is 1.97 bits per heavy atom. The zero-order valence-corrected chi connectivity index (χ0v) is 18.0. The smallest absolute Gasteiger partial charge is 0.377 e. The van der Waals surface area contributed by atoms with E-state index < -0.39 is 35.6 Å². The number of piperazine rings is 1. The van der Waals surface area contributed by atoms with E-state index in [0.717, 1.165) is 6.20 Å². The Morgan fingerprint density at radius 3 is 2.59 bits per heavy atom. The van der Waals surface area contributed by atoms with Crippen molar-refractivity contribution in [3.63, 3.8) is 0 Å². The highest BCUT2D eigenvalue weighted by molar-refractivity contribution is 5.74. The molecule has 2 aromatic rings. The van der Waals surface area contributed by atoms with Crippen molar-refractivity contribution >= 4 is 17.5 Å². The molecular formula is C19H23F5N8O2. The Bertz CT molecular complexity index is 1060. The quantitative estimate of drug-likeness (QED) is 0.406. The molecule has 0 aliphatic carbocycles. The number of hydrogen-bond acceptors (Lipinski definition) is 6. The molecule has 186 valence electrons. The number of carbonyl (C=O) groups is 1. The molecule has 1 atom stereocenters. The van der Waals surface area contributed by atoms with Gasteiger partial charge >= 0.3 is 18.8 Å². The highest BCUT2D eigenvalue weighted by atomic mass is 19.4. The Hall–Kier alpha value is -3.65. The van der Waals surface area contributed by atoms with E-state index in [-0.39, 0.29) is 12.6 Å². The Morgan fingerprint density at radius 1 is 1.26 bits per heavy atom. The van der Waals surface area contributed by atoms with E-state index in [1.807, 2.05) is 0 Å². The molecule has 15 heteroatoms. The van der Waals surface area contributed by atoms with Crippen LogP contribution in [0.1, 0.15) is 19.0 Å². The van der Waals surface area contributed by atoms with Gasteiger partial charge in [-0.05, 0) is 6.92 Å². The predicted molar refractivity (Wildman–Crippen MR) is 113 cm³/mol. The summed E-state index contributed by atoms with van der Waals surface area (Å²) < 4.78 is 65.1. The van der Waals surface area contributed by atoms with Crippen LogP contribution >= 0.6 is 0 Å². The Kier molecular flexibility index (Phi) is 7.73. The van der Waals surface area contributed by atoms with Crippen LogP contribution in [0.15, 0.2) is 35.4 Å². The molecule has 34 heavy (non-hydrogen) atoms. The van der Waals surface area contributed by atoms with Crippen molar-refractivity contribution in [2.45, 2.75) is 25.7 Å². The number of nitrogens with one attached hydrogen (secondary N) is 3. The summed E-state index contributed by atoms with van der Waals surface area (Å²) in [6.45, 7) is 0.575. The maximum Gasteiger partial charge on any atom is 0.423 e. The molecule has 2 amide bonds. The van der Waals surface area contributed by atoms with E-state index in [2.05, 4.69) is 20.8 Å². The van der Waals surface area contributed by atoms with Gasteiger partial charge in [-0.1, -0.05) is 12.2 Å². The highest BCUT2D eigenvalue weighted by Crippen LogP contribution is 2.31. The van der Waals surface area contributed by atoms with Crippen molar-refractivity contribution in [1.29, 1.82) is 0 Å². The van der Waals surface area contributed by atoms with Crippen molar-refractivity contribution in [1.82, 2.24) is 30.2 Å². The normalized spacial score (nSPS) is 15.7. The number of aromatic amines is 1. The van der Waals surface area contributed by atoms with Gasteiger partial charge in [0.1, 0.15) is 5.56 Å². The molecule has 1 aliphatic heterocycles. The predicted octanol–water partition coefficient (Wildman–Crippen LogP) is 2.27. The lowest BCUT2D eigenvalue weighted by atomic mass is 10.2. The molecule has 3 N–H and O–H groups in total. The number of alkyl halides is 5. The van der Waals surface area contributed by atoms with E-state index in [1.165, 1.54) is 12.3 Å². The third kappa shape index (κ3) is 6.23. The lowest BCUT2D eigenvalue weighted by Crippen LogP contribution is -2.52. The first-order chi connectivity index (χ1) is 16.1. The molecule has 3 heterocycles. The number of anilines is 2. The third-order valence-corrected chi connectivity index (χ3v) is 5.00. The molecule has 1 unspecified atom stereocenters. The van der Waals surface area contributed by atoms with E-state index in [1.54, 1.807) is 34.0 Å². The van der Waals surface area contributed by atoms with Crippen molar-refractivity contribution in [2.75, 3.05) is 42.9 Å². The van der Waals surface area contributed by atoms with Gasteiger partial charge in [-0.2, -0.15) is 32.1 Å². The molecule has 2 aromatic heterocycles. The molecule has 1 fully saturated rings. The number of aromatic nitrogens is 4. The van der Waals surface area contributed by atoms with Gasteiger partial charge in [-0.15, -0.1) is 0 Å². The zero-order valence-electron chi connectivity index (χ0n) is 18.0. The molecule has 0 saturated carbocycles. The largest absolute Gasteiger partial charge is 0.423 e. The van der Waals surface area contributed by atoms with Crippen LogP contribution in [0.3, 0.4) is 0 Å². The van der Waals surface area contributed by atoms with Crippen LogP contribution in [0.4, 0.5) is 38.3 Å². The molecular weight excluding hydrogens is 467 g/mol. The van der Waals surface area contributed by atoms with Crippen molar-refractivity contribution < 1.29 is 26.7 Å². The second-order valence-corrected chi connectivity index (χ2v) is 7.44. The Labute approximate surface area is 190 Å². The fourth-order valence-corrected chi connectivity index (χ4v) is 3.36. The summed E-state index contributed by atoms with van der Waals surface area (Å²) in [5, 5.41) is 14.2. The maximum atomic E-state index is 13.1. The van der Waals surface area contributed by atoms with Gasteiger partial charge in [0, 0.05) is 51.0 Å². The van der Waals surface area contributed by atoms with Gasteiger partial charge in [-0.3, -0.25) is 4.79 Å². The number of carbonyl (C=O) groups excluding carboxylic acids is 1. The lowest BCUT2D eigenvalue weighted by molar-refractivity contribution is -0.138. The lowest BCUT2D eigenvalue weighted by Gasteiger charge is -2.34. The summed E-state index contributed by atoms with van der Waals surface area (Å²) in [5.74, 6) is 0.411. The number of rotatable bonds is 7. The van der Waals surface area contributed by atoms with Crippen LogP contribution in [-0.4, -0.2) is 69.7 Å². The summed E-state index contributed by atoms with van der Waals surface area (Å²) in [6.07, 6.45) is 0.338. The van der Waals surface area contributed by atoms with E-state index in [9.17, 15) is 31.5 Å². The van der Waals surface area contributed by atoms with Gasteiger partial charge in [0.05, 0.1) is 11.9 Å². The average Bonchev–Trinajstić information content (AvgIpc) is 3.26. The molecule has 0 bridgehead atoms. The standard InChI is InChI=1S/C19H23F5N8O2/c1-12(27-13-11-26-28-16(33)15(13)19(22,23)24)3-2-5-25-18(34)31-9-7-30(8-10-31)14-4-6-32(29-14)17(20)21/h2-4,6,11-12,17H,5,7-10H2,1H3,(H,25,34)(H2,27,28,33)/b3-2+. The first-order valence-electron chi connectivity index (χ1n) is 10.3. The van der Waals surface area contributed by atoms with Crippen molar-refractivity contribution in [2.24, 2.45) is 0 Å². The summed E-state index contributed by atoms with van der Waals surface area (Å²) in [6, 6.07) is 0.570. The minimum atomic E-state index is -4.84. The maximum absolute atomic E-state index is 13.1. The van der Waals surface area contributed by atoms with Crippen LogP contribution in [0.2, 0.25) is 0 Å². The van der Waals surface area contributed by atoms with Crippen LogP contribution < -0.4 is 21.1 Å². The molecule has 1 saturated heterocycles. The first-order valence-corrected chi connectivity index (χ1v) is 10.3. The number of hydrogen-bond donors (Lipinski definition) is 3. The van der Waals surface area contributed by atoms with Gasteiger partial charge in [0.15, 0.2) is 5.82 Å². The number of nitrogens with zero attached hydrogens (tertiary/aromatic N) is 5.